The molecular formula is C17H26N4. The predicted octanol–water partition coefficient (Wildman–Crippen LogP) is 2.39. The fraction of sp³-hybridized carbons (Fsp3) is 0.588. The van der Waals surface area contributed by atoms with Crippen molar-refractivity contribution >= 4 is 10.9 Å². The first-order valence-corrected chi connectivity index (χ1v) is 8.11. The Labute approximate surface area is 127 Å². The monoisotopic (exact) mass is 286 g/mol. The summed E-state index contributed by atoms with van der Waals surface area (Å²) in [7, 11) is 2.04. The number of hydrogen-bond acceptors (Lipinski definition) is 3. The molecule has 2 aromatic rings. The van der Waals surface area contributed by atoms with E-state index in [1.165, 1.54) is 49.1 Å². The largest absolute Gasteiger partial charge is 0.317 e. The highest BCUT2D eigenvalue weighted by Gasteiger charge is 2.20. The quantitative estimate of drug-likeness (QED) is 0.916. The van der Waals surface area contributed by atoms with Gasteiger partial charge in [-0.05, 0) is 51.0 Å². The average molecular weight is 286 g/mol. The van der Waals surface area contributed by atoms with Crippen molar-refractivity contribution in [1.82, 2.24) is 20.0 Å². The average Bonchev–Trinajstić information content (AvgIpc) is 2.83. The molecule has 0 saturated carbocycles. The number of rotatable bonds is 5. The minimum Gasteiger partial charge on any atom is -0.317 e. The number of piperidine rings is 1. The minimum atomic E-state index is 0.849. The number of aromatic nitrogens is 2. The highest BCUT2D eigenvalue weighted by Crippen LogP contribution is 2.22. The molecule has 0 spiro atoms. The molecule has 2 heterocycles. The molecule has 1 N–H and O–H groups in total. The number of likely N-dealkylation sites (tertiary alicyclic amines) is 1. The lowest BCUT2D eigenvalue weighted by molar-refractivity contribution is 0.174. The predicted molar refractivity (Wildman–Crippen MR) is 87.3 cm³/mol. The van der Waals surface area contributed by atoms with Gasteiger partial charge in [0.15, 0.2) is 0 Å². The van der Waals surface area contributed by atoms with Gasteiger partial charge in [0.1, 0.15) is 0 Å². The van der Waals surface area contributed by atoms with Gasteiger partial charge >= 0.3 is 0 Å². The molecule has 1 saturated heterocycles. The number of aryl methyl sites for hydroxylation is 1. The summed E-state index contributed by atoms with van der Waals surface area (Å²) < 4.78 is 2.00. The lowest BCUT2D eigenvalue weighted by Crippen LogP contribution is -2.37. The van der Waals surface area contributed by atoms with Crippen LogP contribution in [0.2, 0.25) is 0 Å². The van der Waals surface area contributed by atoms with Crippen LogP contribution in [-0.4, -0.2) is 40.9 Å². The van der Waals surface area contributed by atoms with Gasteiger partial charge in [-0.25, -0.2) is 0 Å². The van der Waals surface area contributed by atoms with Crippen LogP contribution in [0.5, 0.6) is 0 Å². The zero-order valence-corrected chi connectivity index (χ0v) is 13.2. The Hall–Kier alpha value is -1.39. The molecule has 4 heteroatoms. The smallest absolute Gasteiger partial charge is 0.0843 e. The maximum absolute atomic E-state index is 4.72. The van der Waals surface area contributed by atoms with Gasteiger partial charge in [0.05, 0.1) is 11.2 Å². The van der Waals surface area contributed by atoms with Crippen molar-refractivity contribution in [1.29, 1.82) is 0 Å². The molecule has 3 rings (SSSR count). The summed E-state index contributed by atoms with van der Waals surface area (Å²) >= 11 is 0. The normalized spacial score (nSPS) is 17.6. The van der Waals surface area contributed by atoms with E-state index in [-0.39, 0.29) is 0 Å². The SMILES string of the molecule is CCNCC1CCN(Cc2nn(C)c3ccccc23)CC1. The molecule has 0 radical (unpaired) electrons. The summed E-state index contributed by atoms with van der Waals surface area (Å²) in [5.41, 5.74) is 2.45. The molecule has 0 bridgehead atoms. The van der Waals surface area contributed by atoms with Crippen LogP contribution in [0.15, 0.2) is 24.3 Å². The molecule has 4 nitrogen and oxygen atoms in total. The van der Waals surface area contributed by atoms with Gasteiger partial charge in [-0.15, -0.1) is 0 Å². The van der Waals surface area contributed by atoms with Crippen molar-refractivity contribution in [3.05, 3.63) is 30.0 Å². The van der Waals surface area contributed by atoms with E-state index in [0.717, 1.165) is 19.0 Å². The number of para-hydroxylation sites is 1. The van der Waals surface area contributed by atoms with Crippen LogP contribution in [0, 0.1) is 5.92 Å². The second-order valence-electron chi connectivity index (χ2n) is 6.11. The Morgan fingerprint density at radius 3 is 2.76 bits per heavy atom. The zero-order valence-electron chi connectivity index (χ0n) is 13.2. The first-order valence-electron chi connectivity index (χ1n) is 8.11. The van der Waals surface area contributed by atoms with E-state index in [2.05, 4.69) is 41.4 Å². The third-order valence-electron chi connectivity index (χ3n) is 4.60. The van der Waals surface area contributed by atoms with Crippen LogP contribution in [0.3, 0.4) is 0 Å². The highest BCUT2D eigenvalue weighted by molar-refractivity contribution is 5.81. The Balaban J connectivity index is 1.62. The number of hydrogen-bond donors (Lipinski definition) is 1. The second-order valence-corrected chi connectivity index (χ2v) is 6.11. The lowest BCUT2D eigenvalue weighted by Gasteiger charge is -2.31. The van der Waals surface area contributed by atoms with Gasteiger partial charge in [0.25, 0.3) is 0 Å². The first kappa shape index (κ1) is 14.5. The zero-order chi connectivity index (χ0) is 14.7. The molecular weight excluding hydrogens is 260 g/mol. The van der Waals surface area contributed by atoms with Gasteiger partial charge < -0.3 is 5.32 Å². The number of nitrogens with zero attached hydrogens (tertiary/aromatic N) is 3. The molecule has 0 unspecified atom stereocenters. The van der Waals surface area contributed by atoms with E-state index in [9.17, 15) is 0 Å². The second kappa shape index (κ2) is 6.58. The third kappa shape index (κ3) is 3.27. The first-order chi connectivity index (χ1) is 10.3. The number of fused-ring (bicyclic) bond motifs is 1. The molecule has 114 valence electrons. The van der Waals surface area contributed by atoms with Crippen molar-refractivity contribution in [2.24, 2.45) is 13.0 Å². The fourth-order valence-electron chi connectivity index (χ4n) is 3.31. The molecule has 21 heavy (non-hydrogen) atoms. The topological polar surface area (TPSA) is 33.1 Å². The summed E-state index contributed by atoms with van der Waals surface area (Å²) in [5.74, 6) is 0.849. The Morgan fingerprint density at radius 1 is 1.24 bits per heavy atom. The van der Waals surface area contributed by atoms with Gasteiger partial charge in [0.2, 0.25) is 0 Å². The van der Waals surface area contributed by atoms with Crippen molar-refractivity contribution in [3.63, 3.8) is 0 Å². The number of nitrogens with one attached hydrogen (secondary N) is 1. The number of benzene rings is 1. The molecule has 1 aliphatic rings. The van der Waals surface area contributed by atoms with Crippen molar-refractivity contribution in [3.8, 4) is 0 Å². The molecule has 0 aliphatic carbocycles. The van der Waals surface area contributed by atoms with E-state index in [0.29, 0.717) is 0 Å². The maximum Gasteiger partial charge on any atom is 0.0843 e. The summed E-state index contributed by atoms with van der Waals surface area (Å²) in [5, 5.41) is 9.49. The van der Waals surface area contributed by atoms with Crippen LogP contribution in [-0.2, 0) is 13.6 Å². The summed E-state index contributed by atoms with van der Waals surface area (Å²) in [6.07, 6.45) is 2.61. The lowest BCUT2D eigenvalue weighted by atomic mass is 9.96. The van der Waals surface area contributed by atoms with Crippen LogP contribution in [0.1, 0.15) is 25.5 Å². The standard InChI is InChI=1S/C17H26N4/c1-3-18-12-14-8-10-21(11-9-14)13-16-15-6-4-5-7-17(15)20(2)19-16/h4-7,14,18H,3,8-13H2,1-2H3. The van der Waals surface area contributed by atoms with Gasteiger partial charge in [0, 0.05) is 19.0 Å². The molecule has 0 amide bonds. The Morgan fingerprint density at radius 2 is 2.00 bits per heavy atom. The van der Waals surface area contributed by atoms with Crippen LogP contribution < -0.4 is 5.32 Å². The molecule has 1 aromatic heterocycles. The van der Waals surface area contributed by atoms with Crippen molar-refractivity contribution in [2.45, 2.75) is 26.3 Å². The van der Waals surface area contributed by atoms with Crippen molar-refractivity contribution in [2.75, 3.05) is 26.2 Å². The molecule has 0 atom stereocenters. The minimum absolute atomic E-state index is 0.849. The fourth-order valence-corrected chi connectivity index (χ4v) is 3.31. The molecule has 1 fully saturated rings. The summed E-state index contributed by atoms with van der Waals surface area (Å²) in [6.45, 7) is 7.81. The van der Waals surface area contributed by atoms with Crippen molar-refractivity contribution < 1.29 is 0 Å². The van der Waals surface area contributed by atoms with Gasteiger partial charge in [-0.2, -0.15) is 5.10 Å². The molecule has 1 aliphatic heterocycles. The van der Waals surface area contributed by atoms with E-state index >= 15 is 0 Å². The Bertz CT molecular complexity index is 581. The van der Waals surface area contributed by atoms with E-state index < -0.39 is 0 Å². The summed E-state index contributed by atoms with van der Waals surface area (Å²) in [4.78, 5) is 2.55. The third-order valence-corrected chi connectivity index (χ3v) is 4.60. The van der Waals surface area contributed by atoms with E-state index in [4.69, 9.17) is 5.10 Å². The van der Waals surface area contributed by atoms with Gasteiger partial charge in [-0.3, -0.25) is 9.58 Å². The van der Waals surface area contributed by atoms with Gasteiger partial charge in [-0.1, -0.05) is 25.1 Å². The van der Waals surface area contributed by atoms with Crippen LogP contribution in [0.4, 0.5) is 0 Å². The highest BCUT2D eigenvalue weighted by atomic mass is 15.3. The Kier molecular flexibility index (Phi) is 4.56. The van der Waals surface area contributed by atoms with E-state index in [1.807, 2.05) is 11.7 Å². The van der Waals surface area contributed by atoms with Crippen LogP contribution >= 0.6 is 0 Å². The summed E-state index contributed by atoms with van der Waals surface area (Å²) in [6, 6.07) is 8.53. The van der Waals surface area contributed by atoms with Crippen LogP contribution in [0.25, 0.3) is 10.9 Å². The van der Waals surface area contributed by atoms with E-state index in [1.54, 1.807) is 0 Å². The molecule has 1 aromatic carbocycles. The maximum atomic E-state index is 4.72.